The summed E-state index contributed by atoms with van der Waals surface area (Å²) in [5.74, 6) is -0.741. The second kappa shape index (κ2) is 6.61. The fraction of sp³-hybridized carbons (Fsp3) is 0.364. The minimum Gasteiger partial charge on any atom is -0.460 e. The number of ether oxygens (including phenoxy) is 1. The van der Waals surface area contributed by atoms with E-state index in [2.05, 4.69) is 0 Å². The molecule has 18 heavy (non-hydrogen) atoms. The number of nitrogens with one attached hydrogen (secondary N) is 1. The summed E-state index contributed by atoms with van der Waals surface area (Å²) in [6, 6.07) is 6.59. The number of alkyl halides is 3. The van der Waals surface area contributed by atoms with Crippen molar-refractivity contribution < 1.29 is 22.7 Å². The lowest BCUT2D eigenvalue weighted by Gasteiger charge is -2.08. The molecule has 1 N–H and O–H groups in total. The van der Waals surface area contributed by atoms with E-state index in [4.69, 9.17) is 16.3 Å². The quantitative estimate of drug-likeness (QED) is 0.843. The predicted molar refractivity (Wildman–Crippen MR) is 60.2 cm³/mol. The van der Waals surface area contributed by atoms with Crippen LogP contribution in [0.3, 0.4) is 0 Å². The van der Waals surface area contributed by atoms with E-state index in [1.54, 1.807) is 24.3 Å². The molecule has 0 radical (unpaired) electrons. The van der Waals surface area contributed by atoms with Gasteiger partial charge in [-0.05, 0) is 17.7 Å². The third kappa shape index (κ3) is 6.46. The van der Waals surface area contributed by atoms with Crippen molar-refractivity contribution in [2.24, 2.45) is 0 Å². The fourth-order valence-corrected chi connectivity index (χ4v) is 1.23. The summed E-state index contributed by atoms with van der Waals surface area (Å²) in [7, 11) is 0. The molecule has 0 unspecified atom stereocenters. The van der Waals surface area contributed by atoms with Crippen LogP contribution in [-0.4, -0.2) is 25.2 Å². The molecule has 1 aromatic carbocycles. The van der Waals surface area contributed by atoms with E-state index >= 15 is 0 Å². The molecule has 1 rings (SSSR count). The van der Waals surface area contributed by atoms with Crippen molar-refractivity contribution in [3.63, 3.8) is 0 Å². The molecule has 0 heterocycles. The van der Waals surface area contributed by atoms with Crippen molar-refractivity contribution in [2.75, 3.05) is 13.1 Å². The second-order valence-electron chi connectivity index (χ2n) is 3.51. The minimum atomic E-state index is -4.34. The molecule has 0 aromatic heterocycles. The predicted octanol–water partition coefficient (Wildman–Crippen LogP) is 2.54. The number of carbonyl (C=O) groups excluding carboxylic acids is 1. The molecular weight excluding hydrogens is 271 g/mol. The highest BCUT2D eigenvalue weighted by molar-refractivity contribution is 6.30. The summed E-state index contributed by atoms with van der Waals surface area (Å²) < 4.78 is 40.1. The second-order valence-corrected chi connectivity index (χ2v) is 3.94. The molecule has 0 fully saturated rings. The zero-order valence-corrected chi connectivity index (χ0v) is 10.0. The van der Waals surface area contributed by atoms with Gasteiger partial charge in [0.25, 0.3) is 0 Å². The van der Waals surface area contributed by atoms with Crippen LogP contribution in [0.15, 0.2) is 24.3 Å². The van der Waals surface area contributed by atoms with Gasteiger partial charge in [-0.25, -0.2) is 0 Å². The summed E-state index contributed by atoms with van der Waals surface area (Å²) in [5, 5.41) is 2.50. The summed E-state index contributed by atoms with van der Waals surface area (Å²) in [6.07, 6.45) is -4.34. The SMILES string of the molecule is O=C(CNCC(F)(F)F)OCc1ccc(Cl)cc1. The monoisotopic (exact) mass is 281 g/mol. The molecule has 0 aliphatic rings. The van der Waals surface area contributed by atoms with Gasteiger partial charge in [-0.2, -0.15) is 13.2 Å². The first kappa shape index (κ1) is 14.8. The van der Waals surface area contributed by atoms with Gasteiger partial charge in [0.15, 0.2) is 0 Å². The maximum atomic E-state index is 11.8. The van der Waals surface area contributed by atoms with Gasteiger partial charge < -0.3 is 4.74 Å². The van der Waals surface area contributed by atoms with Crippen molar-refractivity contribution in [3.05, 3.63) is 34.9 Å². The lowest BCUT2D eigenvalue weighted by atomic mass is 10.2. The van der Waals surface area contributed by atoms with Gasteiger partial charge >= 0.3 is 12.1 Å². The molecule has 100 valence electrons. The van der Waals surface area contributed by atoms with Gasteiger partial charge in [0.2, 0.25) is 0 Å². The van der Waals surface area contributed by atoms with Crippen molar-refractivity contribution in [1.29, 1.82) is 0 Å². The van der Waals surface area contributed by atoms with Gasteiger partial charge in [0.05, 0.1) is 13.1 Å². The number of benzene rings is 1. The van der Waals surface area contributed by atoms with Crippen LogP contribution >= 0.6 is 11.6 Å². The molecule has 3 nitrogen and oxygen atoms in total. The smallest absolute Gasteiger partial charge is 0.401 e. The van der Waals surface area contributed by atoms with Gasteiger partial charge in [0.1, 0.15) is 6.61 Å². The fourth-order valence-electron chi connectivity index (χ4n) is 1.10. The molecule has 0 spiro atoms. The first-order valence-corrected chi connectivity index (χ1v) is 5.42. The van der Waals surface area contributed by atoms with E-state index in [0.717, 1.165) is 0 Å². The number of hydrogen-bond acceptors (Lipinski definition) is 3. The van der Waals surface area contributed by atoms with Gasteiger partial charge in [-0.15, -0.1) is 0 Å². The van der Waals surface area contributed by atoms with Crippen LogP contribution in [0, 0.1) is 0 Å². The lowest BCUT2D eigenvalue weighted by molar-refractivity contribution is -0.145. The van der Waals surface area contributed by atoms with E-state index < -0.39 is 25.2 Å². The highest BCUT2D eigenvalue weighted by Gasteiger charge is 2.26. The number of hydrogen-bond donors (Lipinski definition) is 1. The van der Waals surface area contributed by atoms with E-state index in [1.807, 2.05) is 5.32 Å². The Morgan fingerprint density at radius 3 is 2.44 bits per heavy atom. The topological polar surface area (TPSA) is 38.3 Å². The maximum Gasteiger partial charge on any atom is 0.401 e. The Labute approximate surface area is 107 Å². The van der Waals surface area contributed by atoms with Crippen molar-refractivity contribution in [1.82, 2.24) is 5.32 Å². The highest BCUT2D eigenvalue weighted by atomic mass is 35.5. The van der Waals surface area contributed by atoms with E-state index in [0.29, 0.717) is 10.6 Å². The first-order valence-electron chi connectivity index (χ1n) is 5.04. The number of esters is 1. The molecule has 0 amide bonds. The molecule has 0 bridgehead atoms. The molecule has 0 aliphatic carbocycles. The van der Waals surface area contributed by atoms with Crippen molar-refractivity contribution in [2.45, 2.75) is 12.8 Å². The van der Waals surface area contributed by atoms with Gasteiger partial charge in [-0.3, -0.25) is 10.1 Å². The standard InChI is InChI=1S/C11H11ClF3NO2/c12-9-3-1-8(2-4-9)6-18-10(17)5-16-7-11(13,14)15/h1-4,16H,5-7H2. The average Bonchev–Trinajstić information content (AvgIpc) is 2.26. The first-order chi connectivity index (χ1) is 8.37. The third-order valence-electron chi connectivity index (χ3n) is 1.91. The van der Waals surface area contributed by atoms with Crippen molar-refractivity contribution >= 4 is 17.6 Å². The summed E-state index contributed by atoms with van der Waals surface area (Å²) >= 11 is 5.66. The van der Waals surface area contributed by atoms with Crippen LogP contribution in [0.25, 0.3) is 0 Å². The van der Waals surface area contributed by atoms with E-state index in [-0.39, 0.29) is 6.61 Å². The highest BCUT2D eigenvalue weighted by Crippen LogP contribution is 2.12. The summed E-state index contributed by atoms with van der Waals surface area (Å²) in [5.41, 5.74) is 0.712. The molecule has 0 aliphatic heterocycles. The van der Waals surface area contributed by atoms with Crippen LogP contribution in [0.1, 0.15) is 5.56 Å². The van der Waals surface area contributed by atoms with Crippen LogP contribution < -0.4 is 5.32 Å². The van der Waals surface area contributed by atoms with E-state index in [9.17, 15) is 18.0 Å². The normalized spacial score (nSPS) is 11.3. The number of halogens is 4. The Bertz CT molecular complexity index is 392. The molecular formula is C11H11ClF3NO2. The van der Waals surface area contributed by atoms with Crippen molar-refractivity contribution in [3.8, 4) is 0 Å². The zero-order valence-electron chi connectivity index (χ0n) is 9.26. The molecule has 0 atom stereocenters. The Kier molecular flexibility index (Phi) is 5.43. The Morgan fingerprint density at radius 2 is 1.89 bits per heavy atom. The zero-order chi connectivity index (χ0) is 13.6. The van der Waals surface area contributed by atoms with Crippen LogP contribution in [0.5, 0.6) is 0 Å². The summed E-state index contributed by atoms with van der Waals surface area (Å²) in [4.78, 5) is 11.1. The van der Waals surface area contributed by atoms with Crippen LogP contribution in [-0.2, 0) is 16.1 Å². The minimum absolute atomic E-state index is 0.00367. The molecule has 1 aromatic rings. The third-order valence-corrected chi connectivity index (χ3v) is 2.16. The number of rotatable bonds is 5. The van der Waals surface area contributed by atoms with E-state index in [1.165, 1.54) is 0 Å². The largest absolute Gasteiger partial charge is 0.460 e. The Morgan fingerprint density at radius 1 is 1.28 bits per heavy atom. The van der Waals surface area contributed by atoms with Gasteiger partial charge in [0, 0.05) is 5.02 Å². The van der Waals surface area contributed by atoms with Crippen LogP contribution in [0.2, 0.25) is 5.02 Å². The Balaban J connectivity index is 2.23. The maximum absolute atomic E-state index is 11.8. The molecule has 7 heteroatoms. The Hall–Kier alpha value is -1.27. The lowest BCUT2D eigenvalue weighted by Crippen LogP contribution is -2.33. The molecule has 0 saturated heterocycles. The summed E-state index contributed by atoms with van der Waals surface area (Å²) in [6.45, 7) is -1.69. The van der Waals surface area contributed by atoms with Crippen LogP contribution in [0.4, 0.5) is 13.2 Å². The number of carbonyl (C=O) groups is 1. The molecule has 0 saturated carbocycles. The van der Waals surface area contributed by atoms with Gasteiger partial charge in [-0.1, -0.05) is 23.7 Å². The average molecular weight is 282 g/mol.